The first-order chi connectivity index (χ1) is 15.2. The number of carbonyl (C=O) groups is 2. The Morgan fingerprint density at radius 3 is 2.50 bits per heavy atom. The number of nitrogens with two attached hydrogens (primary N) is 2. The minimum atomic E-state index is -0.802. The summed E-state index contributed by atoms with van der Waals surface area (Å²) in [6.07, 6.45) is 9.10. The molecule has 2 aromatic heterocycles. The quantitative estimate of drug-likeness (QED) is 0.547. The van der Waals surface area contributed by atoms with Gasteiger partial charge in [0.05, 0.1) is 5.69 Å². The molecule has 8 nitrogen and oxygen atoms in total. The predicted octanol–water partition coefficient (Wildman–Crippen LogP) is 1.97. The summed E-state index contributed by atoms with van der Waals surface area (Å²) in [5.74, 6) is -0.269. The number of urea groups is 1. The highest BCUT2D eigenvalue weighted by molar-refractivity contribution is 5.86. The van der Waals surface area contributed by atoms with Gasteiger partial charge >= 0.3 is 6.03 Å². The highest BCUT2D eigenvalue weighted by Crippen LogP contribution is 2.20. The van der Waals surface area contributed by atoms with Crippen LogP contribution in [0.3, 0.4) is 0 Å². The maximum Gasteiger partial charge on any atom is 0.319 e. The lowest BCUT2D eigenvalue weighted by atomic mass is 10.0. The zero-order valence-corrected chi connectivity index (χ0v) is 19.5. The van der Waals surface area contributed by atoms with E-state index in [2.05, 4.69) is 48.0 Å². The zero-order chi connectivity index (χ0) is 24.3. The van der Waals surface area contributed by atoms with Gasteiger partial charge in [0.1, 0.15) is 11.9 Å². The normalized spacial score (nSPS) is 12.4. The van der Waals surface area contributed by atoms with Crippen LogP contribution in [0, 0.1) is 0 Å². The van der Waals surface area contributed by atoms with Crippen molar-refractivity contribution in [3.63, 3.8) is 0 Å². The number of allylic oxidation sites excluding steroid dienone is 1. The first-order valence-corrected chi connectivity index (χ1v) is 10.6. The van der Waals surface area contributed by atoms with Gasteiger partial charge in [-0.25, -0.2) is 9.78 Å². The van der Waals surface area contributed by atoms with Gasteiger partial charge in [-0.3, -0.25) is 9.78 Å². The number of nitrogen functional groups attached to an aromatic ring is 1. The molecule has 32 heavy (non-hydrogen) atoms. The Morgan fingerprint density at radius 1 is 1.28 bits per heavy atom. The van der Waals surface area contributed by atoms with Crippen LogP contribution in [0.4, 0.5) is 10.6 Å². The molecule has 0 radical (unpaired) electrons. The van der Waals surface area contributed by atoms with Crippen molar-refractivity contribution < 1.29 is 9.59 Å². The average Bonchev–Trinajstić information content (AvgIpc) is 2.73. The first kappa shape index (κ1) is 26.4. The van der Waals surface area contributed by atoms with Gasteiger partial charge in [0.25, 0.3) is 0 Å². The zero-order valence-electron chi connectivity index (χ0n) is 19.5. The monoisotopic (exact) mass is 438 g/mol. The van der Waals surface area contributed by atoms with E-state index in [1.54, 1.807) is 18.5 Å². The van der Waals surface area contributed by atoms with Crippen molar-refractivity contribution in [3.05, 3.63) is 52.8 Å². The Balaban J connectivity index is 0.00000161. The lowest BCUT2D eigenvalue weighted by Gasteiger charge is -2.11. The van der Waals surface area contributed by atoms with Crippen LogP contribution < -0.4 is 32.5 Å². The maximum absolute atomic E-state index is 12.0. The van der Waals surface area contributed by atoms with Gasteiger partial charge in [0.15, 0.2) is 0 Å². The molecule has 0 aliphatic carbocycles. The van der Waals surface area contributed by atoms with Gasteiger partial charge in [-0.05, 0) is 49.3 Å². The minimum absolute atomic E-state index is 0.320. The molecule has 6 N–H and O–H groups in total. The van der Waals surface area contributed by atoms with Crippen molar-refractivity contribution >= 4 is 29.9 Å². The van der Waals surface area contributed by atoms with Crippen LogP contribution in [0.25, 0.3) is 23.4 Å². The Hall–Kier alpha value is -3.68. The second-order valence-electron chi connectivity index (χ2n) is 7.17. The largest absolute Gasteiger partial charge is 0.383 e. The smallest absolute Gasteiger partial charge is 0.319 e. The highest BCUT2D eigenvalue weighted by atomic mass is 16.2. The van der Waals surface area contributed by atoms with Crippen LogP contribution in [-0.4, -0.2) is 27.9 Å². The molecule has 0 bridgehead atoms. The molecule has 0 fully saturated rings. The van der Waals surface area contributed by atoms with Crippen LogP contribution in [0.5, 0.6) is 0 Å². The van der Waals surface area contributed by atoms with E-state index in [4.69, 9.17) is 11.5 Å². The van der Waals surface area contributed by atoms with Gasteiger partial charge in [-0.2, -0.15) is 0 Å². The Morgan fingerprint density at radius 2 is 1.94 bits per heavy atom. The minimum Gasteiger partial charge on any atom is -0.383 e. The second kappa shape index (κ2) is 12.9. The summed E-state index contributed by atoms with van der Waals surface area (Å²) in [4.78, 5) is 31.8. The van der Waals surface area contributed by atoms with Gasteiger partial charge < -0.3 is 22.1 Å². The maximum atomic E-state index is 12.0. The summed E-state index contributed by atoms with van der Waals surface area (Å²) >= 11 is 0. The van der Waals surface area contributed by atoms with Crippen LogP contribution in [0.2, 0.25) is 0 Å². The Bertz CT molecular complexity index is 1080. The summed E-state index contributed by atoms with van der Waals surface area (Å²) in [5.41, 5.74) is 14.3. The van der Waals surface area contributed by atoms with Crippen molar-refractivity contribution in [2.45, 2.75) is 53.5 Å². The predicted molar refractivity (Wildman–Crippen MR) is 131 cm³/mol. The molecule has 1 atom stereocenters. The van der Waals surface area contributed by atoms with Gasteiger partial charge in [-0.1, -0.05) is 39.8 Å². The molecule has 172 valence electrons. The molecule has 1 unspecified atom stereocenters. The number of nitrogens with zero attached hydrogens (tertiary/aromatic N) is 2. The number of aryl methyl sites for hydroxylation is 1. The van der Waals surface area contributed by atoms with E-state index in [1.165, 1.54) is 13.3 Å². The molecule has 0 aromatic carbocycles. The van der Waals surface area contributed by atoms with E-state index in [9.17, 15) is 9.59 Å². The average molecular weight is 439 g/mol. The third-order valence-electron chi connectivity index (χ3n) is 4.36. The summed E-state index contributed by atoms with van der Waals surface area (Å²) in [5, 5.41) is 6.47. The molecular formula is C24H34N6O2. The molecular weight excluding hydrogens is 404 g/mol. The SMILES string of the molecule is C=C(/C=c1/cc(-c2cnccc2CC)nc(N)/c1=C/C)NC(=O)NC(C)C(N)=O.CCC. The summed E-state index contributed by atoms with van der Waals surface area (Å²) in [7, 11) is 0. The third-order valence-corrected chi connectivity index (χ3v) is 4.36. The molecule has 2 rings (SSSR count). The summed E-state index contributed by atoms with van der Waals surface area (Å²) < 4.78 is 0. The van der Waals surface area contributed by atoms with E-state index >= 15 is 0 Å². The van der Waals surface area contributed by atoms with E-state index in [1.807, 2.05) is 25.1 Å². The van der Waals surface area contributed by atoms with E-state index in [0.717, 1.165) is 28.0 Å². The van der Waals surface area contributed by atoms with Gasteiger partial charge in [-0.15, -0.1) is 0 Å². The standard InChI is InChI=1S/C21H26N6O2.C3H8/c1-5-14-7-8-24-11-17(14)18-10-15(16(6-2)19(22)27-18)9-12(3)25-21(29)26-13(4)20(23)28;1-3-2/h6-11,13H,3,5H2,1-2,4H3,(H2,22,27)(H2,23,28)(H2,25,26,29);3H2,1-2H3/b15-9-,16-6+;. The molecule has 2 heterocycles. The topological polar surface area (TPSA) is 136 Å². The van der Waals surface area contributed by atoms with Gasteiger partial charge in [0, 0.05) is 28.9 Å². The lowest BCUT2D eigenvalue weighted by molar-refractivity contribution is -0.119. The fourth-order valence-electron chi connectivity index (χ4n) is 2.80. The Kier molecular flexibility index (Phi) is 10.6. The molecule has 0 aliphatic heterocycles. The lowest BCUT2D eigenvalue weighted by Crippen LogP contribution is -2.46. The number of hydrogen-bond acceptors (Lipinski definition) is 5. The third kappa shape index (κ3) is 7.54. The number of rotatable bonds is 6. The number of nitrogens with one attached hydrogen (secondary N) is 2. The van der Waals surface area contributed by atoms with Crippen LogP contribution in [0.15, 0.2) is 36.8 Å². The number of aromatic nitrogens is 2. The fraction of sp³-hybridized carbons (Fsp3) is 0.333. The molecule has 0 saturated carbocycles. The van der Waals surface area contributed by atoms with E-state index in [0.29, 0.717) is 17.2 Å². The second-order valence-corrected chi connectivity index (χ2v) is 7.17. The fourth-order valence-corrected chi connectivity index (χ4v) is 2.80. The summed E-state index contributed by atoms with van der Waals surface area (Å²) in [6, 6.07) is 2.44. The number of pyridine rings is 2. The van der Waals surface area contributed by atoms with Crippen molar-refractivity contribution in [1.29, 1.82) is 0 Å². The number of anilines is 1. The number of amides is 3. The molecule has 0 aliphatic rings. The van der Waals surface area contributed by atoms with E-state index < -0.39 is 18.0 Å². The molecule has 3 amide bonds. The van der Waals surface area contributed by atoms with Gasteiger partial charge in [0.2, 0.25) is 5.91 Å². The van der Waals surface area contributed by atoms with Crippen molar-refractivity contribution in [2.75, 3.05) is 5.73 Å². The molecule has 2 aromatic rings. The number of hydrogen-bond donors (Lipinski definition) is 4. The molecule has 8 heteroatoms. The highest BCUT2D eigenvalue weighted by Gasteiger charge is 2.12. The van der Waals surface area contributed by atoms with Crippen molar-refractivity contribution in [1.82, 2.24) is 20.6 Å². The molecule has 0 saturated heterocycles. The van der Waals surface area contributed by atoms with Crippen molar-refractivity contribution in [2.24, 2.45) is 5.73 Å². The Labute approximate surface area is 189 Å². The van der Waals surface area contributed by atoms with Crippen LogP contribution >= 0.6 is 0 Å². The van der Waals surface area contributed by atoms with Crippen molar-refractivity contribution in [3.8, 4) is 11.3 Å². The van der Waals surface area contributed by atoms with E-state index in [-0.39, 0.29) is 0 Å². The molecule has 0 spiro atoms. The van der Waals surface area contributed by atoms with Crippen LogP contribution in [-0.2, 0) is 11.2 Å². The number of carbonyl (C=O) groups excluding carboxylic acids is 2. The first-order valence-electron chi connectivity index (χ1n) is 10.6. The van der Waals surface area contributed by atoms with Crippen LogP contribution in [0.1, 0.15) is 46.6 Å². The summed E-state index contributed by atoms with van der Waals surface area (Å²) in [6.45, 7) is 13.5. The number of primary amides is 1.